The molecule has 0 spiro atoms. The van der Waals surface area contributed by atoms with Crippen molar-refractivity contribution in [3.63, 3.8) is 0 Å². The Bertz CT molecular complexity index is 545. The summed E-state index contributed by atoms with van der Waals surface area (Å²) in [5, 5.41) is 23.4. The minimum absolute atomic E-state index is 0.0452. The quantitative estimate of drug-likeness (QED) is 0.816. The first-order valence-corrected chi connectivity index (χ1v) is 8.64. The lowest BCUT2D eigenvalue weighted by molar-refractivity contribution is -0.131. The number of amides is 1. The molecule has 0 aromatic rings. The van der Waals surface area contributed by atoms with Crippen LogP contribution in [0.5, 0.6) is 0 Å². The minimum Gasteiger partial charge on any atom is -0.390 e. The monoisotopic (exact) mass is 303 g/mol. The fourth-order valence-corrected chi connectivity index (χ4v) is 6.03. The Kier molecular flexibility index (Phi) is 3.08. The predicted octanol–water partition coefficient (Wildman–Crippen LogP) is 1.03. The van der Waals surface area contributed by atoms with E-state index >= 15 is 0 Å². The molecule has 4 bridgehead atoms. The van der Waals surface area contributed by atoms with E-state index < -0.39 is 5.60 Å². The van der Waals surface area contributed by atoms with Crippen molar-refractivity contribution < 1.29 is 9.90 Å². The molecule has 1 saturated heterocycles. The Morgan fingerprint density at radius 3 is 3.09 bits per heavy atom. The summed E-state index contributed by atoms with van der Waals surface area (Å²) in [6, 6.07) is 1.99. The zero-order valence-corrected chi connectivity index (χ0v) is 13.2. The lowest BCUT2D eigenvalue weighted by atomic mass is 9.71. The SMILES string of the molecule is CC1C2CC3CC(O)(C2)CC31NCC(=O)N1CCCC1C#N. The Morgan fingerprint density at radius 1 is 1.50 bits per heavy atom. The summed E-state index contributed by atoms with van der Waals surface area (Å²) >= 11 is 0. The van der Waals surface area contributed by atoms with Crippen LogP contribution in [0.2, 0.25) is 0 Å². The van der Waals surface area contributed by atoms with E-state index in [1.165, 1.54) is 6.42 Å². The van der Waals surface area contributed by atoms with E-state index in [0.29, 0.717) is 30.8 Å². The number of rotatable bonds is 3. The van der Waals surface area contributed by atoms with Crippen LogP contribution < -0.4 is 5.32 Å². The third kappa shape index (κ3) is 1.87. The van der Waals surface area contributed by atoms with Crippen molar-refractivity contribution in [1.29, 1.82) is 5.26 Å². The maximum absolute atomic E-state index is 12.5. The Labute approximate surface area is 131 Å². The number of likely N-dealkylation sites (tertiary alicyclic amines) is 1. The van der Waals surface area contributed by atoms with E-state index in [0.717, 1.165) is 32.1 Å². The topological polar surface area (TPSA) is 76.4 Å². The number of nitriles is 1. The number of nitrogens with zero attached hydrogens (tertiary/aromatic N) is 2. The van der Waals surface area contributed by atoms with E-state index in [1.807, 2.05) is 0 Å². The molecule has 4 aliphatic carbocycles. The maximum atomic E-state index is 12.5. The summed E-state index contributed by atoms with van der Waals surface area (Å²) in [5.74, 6) is 1.67. The molecular weight excluding hydrogens is 278 g/mol. The molecule has 2 N–H and O–H groups in total. The molecule has 5 nitrogen and oxygen atoms in total. The molecule has 4 saturated carbocycles. The third-order valence-electron chi connectivity index (χ3n) is 7.02. The first-order chi connectivity index (χ1) is 10.5. The van der Waals surface area contributed by atoms with Crippen LogP contribution in [0.15, 0.2) is 0 Å². The van der Waals surface area contributed by atoms with E-state index in [9.17, 15) is 9.90 Å². The average Bonchev–Trinajstić information content (AvgIpc) is 3.09. The molecule has 6 atom stereocenters. The molecule has 22 heavy (non-hydrogen) atoms. The second-order valence-electron chi connectivity index (χ2n) is 8.06. The van der Waals surface area contributed by atoms with Crippen molar-refractivity contribution >= 4 is 5.91 Å². The van der Waals surface area contributed by atoms with Crippen molar-refractivity contribution in [3.8, 4) is 6.07 Å². The van der Waals surface area contributed by atoms with E-state index in [1.54, 1.807) is 4.90 Å². The van der Waals surface area contributed by atoms with Crippen molar-refractivity contribution in [1.82, 2.24) is 10.2 Å². The van der Waals surface area contributed by atoms with Gasteiger partial charge in [-0.2, -0.15) is 5.26 Å². The standard InChI is InChI=1S/C17H25N3O2/c1-11-12-5-13-7-16(22,6-12)10-17(11,13)19-9-15(21)20-4-2-3-14(20)8-18/h11-14,19,22H,2-7,9-10H2,1H3. The van der Waals surface area contributed by atoms with Crippen molar-refractivity contribution in [2.45, 2.75) is 62.6 Å². The maximum Gasteiger partial charge on any atom is 0.237 e. The molecule has 1 aliphatic heterocycles. The molecule has 1 amide bonds. The van der Waals surface area contributed by atoms with Gasteiger partial charge in [0.05, 0.1) is 18.2 Å². The lowest BCUT2D eigenvalue weighted by Crippen LogP contribution is -2.56. The smallest absolute Gasteiger partial charge is 0.237 e. The predicted molar refractivity (Wildman–Crippen MR) is 80.6 cm³/mol. The van der Waals surface area contributed by atoms with Crippen LogP contribution in [0.25, 0.3) is 0 Å². The van der Waals surface area contributed by atoms with Gasteiger partial charge in [0, 0.05) is 12.1 Å². The van der Waals surface area contributed by atoms with E-state index in [4.69, 9.17) is 5.26 Å². The molecular formula is C17H25N3O2. The highest BCUT2D eigenvalue weighted by atomic mass is 16.3. The number of carbonyl (C=O) groups is 1. The molecule has 120 valence electrons. The highest BCUT2D eigenvalue weighted by Gasteiger charge is 2.66. The molecule has 6 unspecified atom stereocenters. The van der Waals surface area contributed by atoms with Gasteiger partial charge in [-0.15, -0.1) is 0 Å². The van der Waals surface area contributed by atoms with Gasteiger partial charge >= 0.3 is 0 Å². The van der Waals surface area contributed by atoms with Crippen molar-refractivity contribution in [3.05, 3.63) is 0 Å². The molecule has 0 aromatic heterocycles. The zero-order valence-electron chi connectivity index (χ0n) is 13.2. The van der Waals surface area contributed by atoms with Gasteiger partial charge in [0.1, 0.15) is 6.04 Å². The molecule has 0 aromatic carbocycles. The number of hydrogen-bond acceptors (Lipinski definition) is 4. The van der Waals surface area contributed by atoms with Crippen LogP contribution in [0.1, 0.15) is 45.4 Å². The largest absolute Gasteiger partial charge is 0.390 e. The fourth-order valence-electron chi connectivity index (χ4n) is 6.03. The van der Waals surface area contributed by atoms with Gasteiger partial charge in [-0.25, -0.2) is 0 Å². The Hall–Kier alpha value is -1.12. The Morgan fingerprint density at radius 2 is 2.32 bits per heavy atom. The highest BCUT2D eigenvalue weighted by Crippen LogP contribution is 2.64. The van der Waals surface area contributed by atoms with Gasteiger partial charge in [0.2, 0.25) is 5.91 Å². The average molecular weight is 303 g/mol. The number of hydrogen-bond donors (Lipinski definition) is 2. The second kappa shape index (κ2) is 4.69. The Balaban J connectivity index is 1.46. The van der Waals surface area contributed by atoms with Crippen LogP contribution in [0.4, 0.5) is 0 Å². The van der Waals surface area contributed by atoms with Crippen molar-refractivity contribution in [2.75, 3.05) is 13.1 Å². The fraction of sp³-hybridized carbons (Fsp3) is 0.882. The summed E-state index contributed by atoms with van der Waals surface area (Å²) < 4.78 is 0. The minimum atomic E-state index is -0.501. The molecule has 5 rings (SSSR count). The first-order valence-electron chi connectivity index (χ1n) is 8.64. The van der Waals surface area contributed by atoms with Crippen LogP contribution >= 0.6 is 0 Å². The van der Waals surface area contributed by atoms with Crippen LogP contribution in [0.3, 0.4) is 0 Å². The van der Waals surface area contributed by atoms with Crippen LogP contribution in [-0.4, -0.2) is 46.2 Å². The van der Waals surface area contributed by atoms with E-state index in [2.05, 4.69) is 18.3 Å². The normalized spacial score (nSPS) is 48.9. The molecule has 5 aliphatic rings. The van der Waals surface area contributed by atoms with Crippen LogP contribution in [0, 0.1) is 29.1 Å². The van der Waals surface area contributed by atoms with E-state index in [-0.39, 0.29) is 17.5 Å². The molecule has 5 heteroatoms. The van der Waals surface area contributed by atoms with Gasteiger partial charge in [0.15, 0.2) is 0 Å². The van der Waals surface area contributed by atoms with Gasteiger partial charge in [-0.1, -0.05) is 6.92 Å². The summed E-state index contributed by atoms with van der Waals surface area (Å²) in [4.78, 5) is 14.2. The number of aliphatic hydroxyl groups is 1. The van der Waals surface area contributed by atoms with Gasteiger partial charge < -0.3 is 15.3 Å². The zero-order chi connectivity index (χ0) is 15.5. The third-order valence-corrected chi connectivity index (χ3v) is 7.02. The van der Waals surface area contributed by atoms with Gasteiger partial charge in [0.25, 0.3) is 0 Å². The lowest BCUT2D eigenvalue weighted by Gasteiger charge is -2.43. The van der Waals surface area contributed by atoms with Crippen LogP contribution in [-0.2, 0) is 4.79 Å². The molecule has 0 radical (unpaired) electrons. The summed E-state index contributed by atoms with van der Waals surface area (Å²) in [6.07, 6.45) is 5.53. The van der Waals surface area contributed by atoms with Gasteiger partial charge in [-0.3, -0.25) is 4.79 Å². The summed E-state index contributed by atoms with van der Waals surface area (Å²) in [7, 11) is 0. The molecule has 5 fully saturated rings. The van der Waals surface area contributed by atoms with Crippen molar-refractivity contribution in [2.24, 2.45) is 17.8 Å². The first kappa shape index (κ1) is 14.5. The number of nitrogens with one attached hydrogen (secondary N) is 1. The molecule has 1 heterocycles. The highest BCUT2D eigenvalue weighted by molar-refractivity contribution is 5.79. The number of carbonyl (C=O) groups excluding carboxylic acids is 1. The van der Waals surface area contributed by atoms with Gasteiger partial charge in [-0.05, 0) is 56.3 Å². The summed E-state index contributed by atoms with van der Waals surface area (Å²) in [5.41, 5.74) is -0.561. The second-order valence-corrected chi connectivity index (χ2v) is 8.06. The summed E-state index contributed by atoms with van der Waals surface area (Å²) in [6.45, 7) is 3.29.